The average molecular weight is 378 g/mol. The van der Waals surface area contributed by atoms with Crippen LogP contribution in [0.5, 0.6) is 0 Å². The van der Waals surface area contributed by atoms with Crippen molar-refractivity contribution in [3.63, 3.8) is 0 Å². The summed E-state index contributed by atoms with van der Waals surface area (Å²) >= 11 is 11.2. The van der Waals surface area contributed by atoms with Gasteiger partial charge in [0.2, 0.25) is 0 Å². The summed E-state index contributed by atoms with van der Waals surface area (Å²) in [4.78, 5) is 4.51. The van der Waals surface area contributed by atoms with Crippen LogP contribution >= 0.6 is 39.3 Å². The maximum Gasteiger partial charge on any atom is 0.139 e. The third kappa shape index (κ3) is 2.38. The lowest BCUT2D eigenvalue weighted by atomic mass is 10.2. The Morgan fingerprint density at radius 2 is 2.30 bits per heavy atom. The maximum absolute atomic E-state index is 13.7. The maximum atomic E-state index is 13.7. The number of thioether (sulfide) groups is 1. The summed E-state index contributed by atoms with van der Waals surface area (Å²) in [5.41, 5.74) is 1.66. The zero-order valence-corrected chi connectivity index (χ0v) is 14.2. The lowest BCUT2D eigenvalue weighted by Crippen LogP contribution is -2.17. The number of halogens is 3. The van der Waals surface area contributed by atoms with Crippen LogP contribution in [-0.4, -0.2) is 21.1 Å². The van der Waals surface area contributed by atoms with Gasteiger partial charge < -0.3 is 4.57 Å². The van der Waals surface area contributed by atoms with E-state index in [-0.39, 0.29) is 5.82 Å². The van der Waals surface area contributed by atoms with Crippen LogP contribution in [0, 0.1) is 5.82 Å². The molecule has 0 amide bonds. The van der Waals surface area contributed by atoms with Crippen LogP contribution in [0.1, 0.15) is 31.1 Å². The number of hydrogen-bond donors (Lipinski definition) is 0. The molecule has 3 rings (SSSR count). The van der Waals surface area contributed by atoms with Crippen molar-refractivity contribution in [2.24, 2.45) is 0 Å². The second kappa shape index (κ2) is 5.85. The van der Waals surface area contributed by atoms with Gasteiger partial charge in [0, 0.05) is 17.4 Å². The number of aromatic nitrogens is 2. The summed E-state index contributed by atoms with van der Waals surface area (Å²) in [5.74, 6) is 0.909. The molecule has 0 N–H and O–H groups in total. The van der Waals surface area contributed by atoms with Crippen LogP contribution in [0.4, 0.5) is 4.39 Å². The third-order valence-electron chi connectivity index (χ3n) is 3.98. The molecule has 2 nitrogen and oxygen atoms in total. The van der Waals surface area contributed by atoms with E-state index >= 15 is 0 Å². The SMILES string of the molecule is CSC1CCCC1n1c(CCl)nc2cc(F)c(Br)cc21. The highest BCUT2D eigenvalue weighted by molar-refractivity contribution is 9.10. The van der Waals surface area contributed by atoms with Gasteiger partial charge in [-0.25, -0.2) is 9.37 Å². The molecule has 1 saturated carbocycles. The first-order chi connectivity index (χ1) is 9.65. The van der Waals surface area contributed by atoms with Crippen molar-refractivity contribution in [1.29, 1.82) is 0 Å². The molecule has 0 spiro atoms. The molecule has 108 valence electrons. The van der Waals surface area contributed by atoms with Crippen molar-refractivity contribution in [2.75, 3.05) is 6.26 Å². The summed E-state index contributed by atoms with van der Waals surface area (Å²) < 4.78 is 16.4. The van der Waals surface area contributed by atoms with E-state index in [4.69, 9.17) is 11.6 Å². The molecule has 2 unspecified atom stereocenters. The quantitative estimate of drug-likeness (QED) is 0.690. The lowest BCUT2D eigenvalue weighted by Gasteiger charge is -2.22. The molecule has 1 heterocycles. The largest absolute Gasteiger partial charge is 0.323 e. The molecule has 1 aliphatic carbocycles. The molecule has 0 aliphatic heterocycles. The van der Waals surface area contributed by atoms with Gasteiger partial charge in [-0.2, -0.15) is 11.8 Å². The van der Waals surface area contributed by atoms with Crippen molar-refractivity contribution < 1.29 is 4.39 Å². The van der Waals surface area contributed by atoms with Crippen molar-refractivity contribution in [3.05, 3.63) is 28.2 Å². The van der Waals surface area contributed by atoms with Gasteiger partial charge in [-0.3, -0.25) is 0 Å². The van der Waals surface area contributed by atoms with Gasteiger partial charge in [-0.15, -0.1) is 11.6 Å². The Hall–Kier alpha value is -0.260. The summed E-state index contributed by atoms with van der Waals surface area (Å²) in [7, 11) is 0. The van der Waals surface area contributed by atoms with E-state index in [1.165, 1.54) is 18.9 Å². The molecule has 0 saturated heterocycles. The van der Waals surface area contributed by atoms with E-state index in [1.54, 1.807) is 0 Å². The molecule has 2 atom stereocenters. The first kappa shape index (κ1) is 14.7. The molecule has 1 fully saturated rings. The van der Waals surface area contributed by atoms with Crippen LogP contribution in [0.2, 0.25) is 0 Å². The first-order valence-corrected chi connectivity index (χ1v) is 9.22. The normalized spacial score (nSPS) is 22.8. The number of alkyl halides is 1. The predicted molar refractivity (Wildman–Crippen MR) is 87.1 cm³/mol. The molecule has 1 aromatic heterocycles. The van der Waals surface area contributed by atoms with Gasteiger partial charge in [0.15, 0.2) is 0 Å². The van der Waals surface area contributed by atoms with Gasteiger partial charge in [0.25, 0.3) is 0 Å². The summed E-state index contributed by atoms with van der Waals surface area (Å²) in [5, 5.41) is 0.582. The van der Waals surface area contributed by atoms with Gasteiger partial charge in [0.1, 0.15) is 11.6 Å². The second-order valence-electron chi connectivity index (χ2n) is 5.06. The highest BCUT2D eigenvalue weighted by Crippen LogP contribution is 2.40. The summed E-state index contributed by atoms with van der Waals surface area (Å²) in [6.07, 6.45) is 5.73. The number of rotatable bonds is 3. The monoisotopic (exact) mass is 376 g/mol. The molecule has 1 aromatic carbocycles. The summed E-state index contributed by atoms with van der Waals surface area (Å²) in [6, 6.07) is 3.71. The van der Waals surface area contributed by atoms with Crippen LogP contribution in [-0.2, 0) is 5.88 Å². The van der Waals surface area contributed by atoms with Crippen molar-refractivity contribution in [1.82, 2.24) is 9.55 Å². The molecule has 0 bridgehead atoms. The third-order valence-corrected chi connectivity index (χ3v) is 5.98. The van der Waals surface area contributed by atoms with Crippen molar-refractivity contribution in [3.8, 4) is 0 Å². The minimum Gasteiger partial charge on any atom is -0.323 e. The van der Waals surface area contributed by atoms with Crippen LogP contribution in [0.3, 0.4) is 0 Å². The van der Waals surface area contributed by atoms with Gasteiger partial charge in [0.05, 0.1) is 21.4 Å². The van der Waals surface area contributed by atoms with E-state index in [9.17, 15) is 4.39 Å². The molecular formula is C14H15BrClFN2S. The Morgan fingerprint density at radius 1 is 1.50 bits per heavy atom. The predicted octanol–water partition coefficient (Wildman–Crippen LogP) is 5.13. The van der Waals surface area contributed by atoms with Gasteiger partial charge in [-0.05, 0) is 41.1 Å². The number of nitrogens with zero attached hydrogens (tertiary/aromatic N) is 2. The zero-order chi connectivity index (χ0) is 14.3. The Labute approximate surface area is 135 Å². The number of fused-ring (bicyclic) bond motifs is 1. The highest BCUT2D eigenvalue weighted by Gasteiger charge is 2.31. The van der Waals surface area contributed by atoms with Crippen molar-refractivity contribution >= 4 is 50.3 Å². The number of imidazole rings is 1. The Bertz CT molecular complexity index is 646. The van der Waals surface area contributed by atoms with E-state index in [2.05, 4.69) is 31.7 Å². The lowest BCUT2D eigenvalue weighted by molar-refractivity contribution is 0.527. The fraction of sp³-hybridized carbons (Fsp3) is 0.500. The number of hydrogen-bond acceptors (Lipinski definition) is 2. The van der Waals surface area contributed by atoms with Crippen LogP contribution < -0.4 is 0 Å². The fourth-order valence-electron chi connectivity index (χ4n) is 3.08. The standard InChI is InChI=1S/C14H15BrClFN2S/c1-20-13-4-2-3-11(13)19-12-5-8(15)9(17)6-10(12)18-14(19)7-16/h5-6,11,13H,2-4,7H2,1H3. The molecule has 20 heavy (non-hydrogen) atoms. The second-order valence-corrected chi connectivity index (χ2v) is 7.26. The first-order valence-electron chi connectivity index (χ1n) is 6.60. The van der Waals surface area contributed by atoms with Crippen LogP contribution in [0.25, 0.3) is 11.0 Å². The van der Waals surface area contributed by atoms with Gasteiger partial charge in [-0.1, -0.05) is 6.42 Å². The highest BCUT2D eigenvalue weighted by atomic mass is 79.9. The topological polar surface area (TPSA) is 17.8 Å². The van der Waals surface area contributed by atoms with Gasteiger partial charge >= 0.3 is 0 Å². The minimum atomic E-state index is -0.281. The molecule has 6 heteroatoms. The summed E-state index contributed by atoms with van der Waals surface area (Å²) in [6.45, 7) is 0. The zero-order valence-electron chi connectivity index (χ0n) is 11.1. The van der Waals surface area contributed by atoms with Crippen molar-refractivity contribution in [2.45, 2.75) is 36.4 Å². The van der Waals surface area contributed by atoms with Crippen LogP contribution in [0.15, 0.2) is 16.6 Å². The Balaban J connectivity index is 2.19. The van der Waals surface area contributed by atoms with E-state index in [0.29, 0.717) is 27.2 Å². The average Bonchev–Trinajstić information content (AvgIpc) is 3.02. The fourth-order valence-corrected chi connectivity index (χ4v) is 4.58. The van der Waals surface area contributed by atoms with E-state index in [0.717, 1.165) is 17.8 Å². The van der Waals surface area contributed by atoms with E-state index < -0.39 is 0 Å². The Kier molecular flexibility index (Phi) is 4.29. The van der Waals surface area contributed by atoms with E-state index in [1.807, 2.05) is 17.8 Å². The molecule has 1 aliphatic rings. The Morgan fingerprint density at radius 3 is 3.00 bits per heavy atom. The number of benzene rings is 1. The molecule has 2 aromatic rings. The smallest absolute Gasteiger partial charge is 0.139 e. The minimum absolute atomic E-state index is 0.281. The molecule has 0 radical (unpaired) electrons. The molecular weight excluding hydrogens is 363 g/mol.